The van der Waals surface area contributed by atoms with Gasteiger partial charge in [-0.05, 0) is 17.8 Å². The van der Waals surface area contributed by atoms with Crippen molar-refractivity contribution in [1.82, 2.24) is 0 Å². The third-order valence-electron chi connectivity index (χ3n) is 2.70. The van der Waals surface area contributed by atoms with Gasteiger partial charge in [0.05, 0.1) is 0 Å². The summed E-state index contributed by atoms with van der Waals surface area (Å²) >= 11 is 0. The van der Waals surface area contributed by atoms with Gasteiger partial charge in [0.25, 0.3) is 0 Å². The molecule has 1 heteroatoms. The lowest BCUT2D eigenvalue weighted by Gasteiger charge is -2.20. The summed E-state index contributed by atoms with van der Waals surface area (Å²) in [6.07, 6.45) is 4.74. The van der Waals surface area contributed by atoms with Crippen molar-refractivity contribution in [2.75, 3.05) is 0 Å². The van der Waals surface area contributed by atoms with Gasteiger partial charge in [0, 0.05) is 5.92 Å². The van der Waals surface area contributed by atoms with Crippen molar-refractivity contribution in [3.63, 3.8) is 0 Å². The van der Waals surface area contributed by atoms with E-state index in [1.54, 1.807) is 0 Å². The van der Waals surface area contributed by atoms with Gasteiger partial charge >= 0.3 is 0 Å². The maximum Gasteiger partial charge on any atom is 0.123 e. The third-order valence-corrected chi connectivity index (χ3v) is 2.70. The molecule has 0 saturated heterocycles. The molecule has 2 atom stereocenters. The lowest BCUT2D eigenvalue weighted by molar-refractivity contribution is -0.111. The first-order valence-corrected chi connectivity index (χ1v) is 5.32. The summed E-state index contributed by atoms with van der Waals surface area (Å²) in [6, 6.07) is 0. The number of hydrogen-bond acceptors (Lipinski definition) is 1. The van der Waals surface area contributed by atoms with Crippen LogP contribution >= 0.6 is 0 Å². The molecule has 0 aliphatic carbocycles. The van der Waals surface area contributed by atoms with Crippen LogP contribution in [0.5, 0.6) is 0 Å². The van der Waals surface area contributed by atoms with Gasteiger partial charge in [-0.2, -0.15) is 0 Å². The zero-order valence-corrected chi connectivity index (χ0v) is 9.76. The summed E-state index contributed by atoms with van der Waals surface area (Å²) < 4.78 is 0. The Morgan fingerprint density at radius 3 is 2.15 bits per heavy atom. The second-order valence-electron chi connectivity index (χ2n) is 5.43. The van der Waals surface area contributed by atoms with E-state index in [0.717, 1.165) is 6.29 Å². The molecule has 0 fully saturated rings. The largest absolute Gasteiger partial charge is 0.303 e. The third kappa shape index (κ3) is 6.80. The van der Waals surface area contributed by atoms with E-state index in [4.69, 9.17) is 0 Å². The standard InChI is InChI=1S/C12H24O/c1-10(11(2)9-13)7-6-8-12(3,4)5/h9-11H,6-8H2,1-5H3. The van der Waals surface area contributed by atoms with Crippen molar-refractivity contribution in [2.45, 2.75) is 53.9 Å². The fourth-order valence-corrected chi connectivity index (χ4v) is 1.35. The zero-order chi connectivity index (χ0) is 10.5. The number of carbonyl (C=O) groups excluding carboxylic acids is 1. The first-order valence-electron chi connectivity index (χ1n) is 5.32. The second kappa shape index (κ2) is 5.41. The summed E-state index contributed by atoms with van der Waals surface area (Å²) in [5, 5.41) is 0. The molecule has 0 radical (unpaired) electrons. The Balaban J connectivity index is 3.59. The Hall–Kier alpha value is -0.330. The number of hydrogen-bond donors (Lipinski definition) is 0. The topological polar surface area (TPSA) is 17.1 Å². The van der Waals surface area contributed by atoms with Crippen LogP contribution in [0.3, 0.4) is 0 Å². The quantitative estimate of drug-likeness (QED) is 0.596. The second-order valence-corrected chi connectivity index (χ2v) is 5.43. The number of aldehydes is 1. The Morgan fingerprint density at radius 1 is 1.23 bits per heavy atom. The lowest BCUT2D eigenvalue weighted by Crippen LogP contribution is -2.11. The fourth-order valence-electron chi connectivity index (χ4n) is 1.35. The van der Waals surface area contributed by atoms with E-state index in [9.17, 15) is 4.79 Å². The minimum absolute atomic E-state index is 0.222. The van der Waals surface area contributed by atoms with Crippen molar-refractivity contribution in [3.05, 3.63) is 0 Å². The van der Waals surface area contributed by atoms with Crippen molar-refractivity contribution < 1.29 is 4.79 Å². The minimum Gasteiger partial charge on any atom is -0.303 e. The van der Waals surface area contributed by atoms with Crippen molar-refractivity contribution in [1.29, 1.82) is 0 Å². The van der Waals surface area contributed by atoms with Crippen LogP contribution in [-0.2, 0) is 4.79 Å². The molecule has 0 aromatic rings. The average Bonchev–Trinajstić information content (AvgIpc) is 2.00. The highest BCUT2D eigenvalue weighted by Gasteiger charge is 2.14. The van der Waals surface area contributed by atoms with Crippen molar-refractivity contribution in [2.24, 2.45) is 17.3 Å². The molecule has 0 aliphatic rings. The predicted octanol–water partition coefficient (Wildman–Crippen LogP) is 3.67. The van der Waals surface area contributed by atoms with Crippen LogP contribution in [0.25, 0.3) is 0 Å². The van der Waals surface area contributed by atoms with Gasteiger partial charge < -0.3 is 4.79 Å². The molecule has 13 heavy (non-hydrogen) atoms. The number of carbonyl (C=O) groups is 1. The highest BCUT2D eigenvalue weighted by Crippen LogP contribution is 2.24. The summed E-state index contributed by atoms with van der Waals surface area (Å²) in [5.41, 5.74) is 0.435. The monoisotopic (exact) mass is 184 g/mol. The van der Waals surface area contributed by atoms with Crippen LogP contribution in [0, 0.1) is 17.3 Å². The van der Waals surface area contributed by atoms with E-state index >= 15 is 0 Å². The van der Waals surface area contributed by atoms with E-state index in [-0.39, 0.29) is 5.92 Å². The van der Waals surface area contributed by atoms with Gasteiger partial charge in [-0.15, -0.1) is 0 Å². The molecule has 0 aromatic carbocycles. The molecular formula is C12H24O. The smallest absolute Gasteiger partial charge is 0.123 e. The van der Waals surface area contributed by atoms with E-state index in [2.05, 4.69) is 27.7 Å². The first-order chi connectivity index (χ1) is 5.87. The molecular weight excluding hydrogens is 160 g/mol. The number of rotatable bonds is 5. The molecule has 0 bridgehead atoms. The van der Waals surface area contributed by atoms with Crippen molar-refractivity contribution >= 4 is 6.29 Å². The molecule has 1 nitrogen and oxygen atoms in total. The maximum absolute atomic E-state index is 10.5. The average molecular weight is 184 g/mol. The van der Waals surface area contributed by atoms with Gasteiger partial charge in [0.2, 0.25) is 0 Å². The Bertz CT molecular complexity index is 144. The van der Waals surface area contributed by atoms with Gasteiger partial charge in [-0.1, -0.05) is 47.5 Å². The highest BCUT2D eigenvalue weighted by atomic mass is 16.1. The summed E-state index contributed by atoms with van der Waals surface area (Å²) in [6.45, 7) is 11.0. The van der Waals surface area contributed by atoms with Crippen LogP contribution in [0.1, 0.15) is 53.9 Å². The van der Waals surface area contributed by atoms with Gasteiger partial charge in [0.15, 0.2) is 0 Å². The zero-order valence-electron chi connectivity index (χ0n) is 9.76. The normalized spacial score (nSPS) is 16.7. The molecule has 0 aromatic heterocycles. The molecule has 0 N–H and O–H groups in total. The Labute approximate surface area is 82.9 Å². The van der Waals surface area contributed by atoms with Crippen molar-refractivity contribution in [3.8, 4) is 0 Å². The molecule has 0 saturated carbocycles. The highest BCUT2D eigenvalue weighted by molar-refractivity contribution is 5.53. The Kier molecular flexibility index (Phi) is 5.27. The molecule has 0 aliphatic heterocycles. The van der Waals surface area contributed by atoms with Gasteiger partial charge in [-0.3, -0.25) is 0 Å². The lowest BCUT2D eigenvalue weighted by atomic mass is 9.85. The summed E-state index contributed by atoms with van der Waals surface area (Å²) in [7, 11) is 0. The van der Waals surface area contributed by atoms with E-state index in [1.165, 1.54) is 19.3 Å². The van der Waals surface area contributed by atoms with Gasteiger partial charge in [0.1, 0.15) is 6.29 Å². The maximum atomic E-state index is 10.5. The summed E-state index contributed by atoms with van der Waals surface area (Å²) in [4.78, 5) is 10.5. The molecule has 2 unspecified atom stereocenters. The van der Waals surface area contributed by atoms with E-state index in [0.29, 0.717) is 11.3 Å². The van der Waals surface area contributed by atoms with Crippen LogP contribution in [0.15, 0.2) is 0 Å². The van der Waals surface area contributed by atoms with E-state index < -0.39 is 0 Å². The summed E-state index contributed by atoms with van der Waals surface area (Å²) in [5.74, 6) is 0.764. The molecule has 0 amide bonds. The molecule has 0 heterocycles. The van der Waals surface area contributed by atoms with Gasteiger partial charge in [-0.25, -0.2) is 0 Å². The van der Waals surface area contributed by atoms with Crippen LogP contribution in [0.2, 0.25) is 0 Å². The fraction of sp³-hybridized carbons (Fsp3) is 0.917. The van der Waals surface area contributed by atoms with Crippen LogP contribution in [0.4, 0.5) is 0 Å². The Morgan fingerprint density at radius 2 is 1.77 bits per heavy atom. The minimum atomic E-state index is 0.222. The first kappa shape index (κ1) is 12.7. The predicted molar refractivity (Wildman–Crippen MR) is 57.7 cm³/mol. The van der Waals surface area contributed by atoms with Crippen LogP contribution in [-0.4, -0.2) is 6.29 Å². The van der Waals surface area contributed by atoms with Crippen LogP contribution < -0.4 is 0 Å². The molecule has 0 rings (SSSR count). The SMILES string of the molecule is CC(C=O)C(C)CCCC(C)(C)C. The molecule has 78 valence electrons. The molecule has 0 spiro atoms. The van der Waals surface area contributed by atoms with E-state index in [1.807, 2.05) is 6.92 Å².